The summed E-state index contributed by atoms with van der Waals surface area (Å²) < 4.78 is 3.04. The van der Waals surface area contributed by atoms with E-state index in [1.165, 1.54) is 97.5 Å². The molecule has 8 rings (SSSR count). The van der Waals surface area contributed by atoms with Crippen LogP contribution in [0.5, 0.6) is 0 Å². The van der Waals surface area contributed by atoms with E-state index < -0.39 is 26.5 Å². The van der Waals surface area contributed by atoms with Crippen molar-refractivity contribution in [3.8, 4) is 0 Å². The third-order valence-corrected chi connectivity index (χ3v) is 20.1. The Hall–Kier alpha value is -4.51. The number of anilines is 6. The topological polar surface area (TPSA) is 6.48 Å². The first-order chi connectivity index (χ1) is 25.7. The molecular formula is C50H52Ge2N2. The molecule has 0 radical (unpaired) electrons. The van der Waals surface area contributed by atoms with Crippen LogP contribution in [0.25, 0.3) is 32.3 Å². The summed E-state index contributed by atoms with van der Waals surface area (Å²) in [4.78, 5) is 5.03. The van der Waals surface area contributed by atoms with E-state index in [-0.39, 0.29) is 0 Å². The van der Waals surface area contributed by atoms with Gasteiger partial charge in [0.05, 0.1) is 0 Å². The first kappa shape index (κ1) is 36.5. The van der Waals surface area contributed by atoms with Crippen LogP contribution in [-0.2, 0) is 0 Å². The van der Waals surface area contributed by atoms with Crippen molar-refractivity contribution in [1.82, 2.24) is 0 Å². The van der Waals surface area contributed by atoms with Gasteiger partial charge >= 0.3 is 330 Å². The molecule has 0 fully saturated rings. The van der Waals surface area contributed by atoms with E-state index in [0.29, 0.717) is 0 Å². The van der Waals surface area contributed by atoms with Gasteiger partial charge in [-0.15, -0.1) is 0 Å². The Morgan fingerprint density at radius 3 is 0.981 bits per heavy atom. The third kappa shape index (κ3) is 6.31. The van der Waals surface area contributed by atoms with Gasteiger partial charge in [-0.3, -0.25) is 0 Å². The van der Waals surface area contributed by atoms with Crippen LogP contribution in [-0.4, -0.2) is 26.5 Å². The van der Waals surface area contributed by atoms with Crippen molar-refractivity contribution in [3.05, 3.63) is 156 Å². The average Bonchev–Trinajstić information content (AvgIpc) is 3.13. The van der Waals surface area contributed by atoms with E-state index >= 15 is 0 Å². The van der Waals surface area contributed by atoms with E-state index in [4.69, 9.17) is 0 Å². The van der Waals surface area contributed by atoms with Crippen LogP contribution >= 0.6 is 0 Å². The van der Waals surface area contributed by atoms with Crippen molar-refractivity contribution >= 4 is 102 Å². The molecule has 0 saturated carbocycles. The van der Waals surface area contributed by atoms with E-state index in [2.05, 4.69) is 205 Å². The van der Waals surface area contributed by atoms with Gasteiger partial charge in [-0.05, 0) is 0 Å². The predicted octanol–water partition coefficient (Wildman–Crippen LogP) is 13.8. The maximum absolute atomic E-state index is 2.52. The van der Waals surface area contributed by atoms with Crippen molar-refractivity contribution in [2.24, 2.45) is 0 Å². The molecule has 0 aliphatic carbocycles. The molecule has 0 N–H and O–H groups in total. The van der Waals surface area contributed by atoms with E-state index in [9.17, 15) is 0 Å². The summed E-state index contributed by atoms with van der Waals surface area (Å²) in [5, 5.41) is 7.70. The number of para-hydroxylation sites is 2. The standard InChI is InChI=1S/C50H52Ge2N2/c1-33-13-11-14-34(2)49(33)53(41-25-21-39(22-26-41)51(5,6)7)45-31-19-37-18-30-44-46(32-20-38-17-29-43(45)47(37)48(38)44)54(50-35(3)15-12-16-36(50)4)42-27-23-40(24-28-42)52(8,9)10/h11-32H,1-10H3. The molecule has 0 heterocycles. The molecule has 4 heteroatoms. The Bertz CT molecular complexity index is 2430. The molecule has 270 valence electrons. The molecule has 2 nitrogen and oxygen atoms in total. The molecule has 0 unspecified atom stereocenters. The molecule has 0 atom stereocenters. The van der Waals surface area contributed by atoms with Crippen molar-refractivity contribution in [1.29, 1.82) is 0 Å². The van der Waals surface area contributed by atoms with Gasteiger partial charge < -0.3 is 0 Å². The minimum atomic E-state index is -2.00. The Kier molecular flexibility index (Phi) is 9.22. The quantitative estimate of drug-likeness (QED) is 0.111. The second-order valence-electron chi connectivity index (χ2n) is 17.3. The third-order valence-electron chi connectivity index (χ3n) is 11.4. The van der Waals surface area contributed by atoms with Crippen LogP contribution in [0.1, 0.15) is 22.3 Å². The summed E-state index contributed by atoms with van der Waals surface area (Å²) in [5.74, 6) is 14.8. The second-order valence-corrected chi connectivity index (χ2v) is 38.6. The minimum absolute atomic E-state index is 1.20. The fraction of sp³-hybridized carbons (Fsp3) is 0.200. The molecular weight excluding hydrogens is 774 g/mol. The van der Waals surface area contributed by atoms with Crippen molar-refractivity contribution < 1.29 is 0 Å². The van der Waals surface area contributed by atoms with Crippen molar-refractivity contribution in [2.75, 3.05) is 9.80 Å². The number of hydrogen-bond acceptors (Lipinski definition) is 2. The van der Waals surface area contributed by atoms with Gasteiger partial charge in [0, 0.05) is 0 Å². The van der Waals surface area contributed by atoms with Gasteiger partial charge in [-0.1, -0.05) is 0 Å². The van der Waals surface area contributed by atoms with Gasteiger partial charge in [-0.25, -0.2) is 0 Å². The van der Waals surface area contributed by atoms with E-state index in [0.717, 1.165) is 0 Å². The number of nitrogens with zero attached hydrogens (tertiary/aromatic N) is 2. The fourth-order valence-electron chi connectivity index (χ4n) is 8.48. The maximum atomic E-state index is 2.52. The summed E-state index contributed by atoms with van der Waals surface area (Å²) in [6.07, 6.45) is 0. The Morgan fingerprint density at radius 2 is 0.667 bits per heavy atom. The molecule has 0 aliphatic rings. The first-order valence-corrected chi connectivity index (χ1v) is 34.1. The van der Waals surface area contributed by atoms with E-state index in [1.54, 1.807) is 0 Å². The van der Waals surface area contributed by atoms with E-state index in [1.807, 2.05) is 0 Å². The monoisotopic (exact) mass is 828 g/mol. The van der Waals surface area contributed by atoms with Gasteiger partial charge in [0.1, 0.15) is 0 Å². The van der Waals surface area contributed by atoms with Crippen LogP contribution in [0, 0.1) is 27.7 Å². The van der Waals surface area contributed by atoms with Crippen LogP contribution < -0.4 is 18.6 Å². The Labute approximate surface area is 327 Å². The Morgan fingerprint density at radius 1 is 0.352 bits per heavy atom. The molecule has 0 aliphatic heterocycles. The van der Waals surface area contributed by atoms with Crippen LogP contribution in [0.2, 0.25) is 34.5 Å². The second kappa shape index (κ2) is 13.7. The summed E-state index contributed by atoms with van der Waals surface area (Å²) in [5.41, 5.74) is 12.4. The molecule has 0 spiro atoms. The zero-order valence-corrected chi connectivity index (χ0v) is 37.8. The van der Waals surface area contributed by atoms with Crippen LogP contribution in [0.4, 0.5) is 34.1 Å². The summed E-state index contributed by atoms with van der Waals surface area (Å²) >= 11 is -4.00. The number of aryl methyl sites for hydroxylation is 4. The normalized spacial score (nSPS) is 12.3. The zero-order chi connectivity index (χ0) is 38.1. The zero-order valence-electron chi connectivity index (χ0n) is 33.6. The molecule has 0 bridgehead atoms. The van der Waals surface area contributed by atoms with Crippen molar-refractivity contribution in [3.63, 3.8) is 0 Å². The molecule has 0 aromatic heterocycles. The number of hydrogen-bond donors (Lipinski definition) is 0. The van der Waals surface area contributed by atoms with Gasteiger partial charge in [-0.2, -0.15) is 0 Å². The SMILES string of the molecule is Cc1cccc(C)c1N(c1cc[c]([Ge]([CH3])([CH3])[CH3])cc1)c1ccc2ccc3c(N(c4cc[c]([Ge]([CH3])([CH3])[CH3])cc4)c4c(C)cccc4C)ccc4ccc1c2c43. The number of rotatable bonds is 8. The van der Waals surface area contributed by atoms with Gasteiger partial charge in [0.25, 0.3) is 0 Å². The average molecular weight is 826 g/mol. The van der Waals surface area contributed by atoms with Gasteiger partial charge in [0.15, 0.2) is 0 Å². The fourth-order valence-corrected chi connectivity index (χ4v) is 13.4. The first-order valence-electron chi connectivity index (χ1n) is 19.4. The number of benzene rings is 8. The summed E-state index contributed by atoms with van der Waals surface area (Å²) in [6, 6.07) is 51.0. The molecule has 8 aromatic carbocycles. The predicted molar refractivity (Wildman–Crippen MR) is 244 cm³/mol. The molecule has 54 heavy (non-hydrogen) atoms. The van der Waals surface area contributed by atoms with Gasteiger partial charge in [0.2, 0.25) is 0 Å². The summed E-state index contributed by atoms with van der Waals surface area (Å²) in [6.45, 7) is 8.98. The van der Waals surface area contributed by atoms with Crippen LogP contribution in [0.3, 0.4) is 0 Å². The summed E-state index contributed by atoms with van der Waals surface area (Å²) in [7, 11) is 0. The molecule has 0 amide bonds. The Balaban J connectivity index is 1.40. The van der Waals surface area contributed by atoms with Crippen molar-refractivity contribution in [2.45, 2.75) is 62.2 Å². The molecule has 8 aromatic rings. The molecule has 0 saturated heterocycles. The van der Waals surface area contributed by atoms with Crippen LogP contribution in [0.15, 0.2) is 133 Å².